The van der Waals surface area contributed by atoms with Crippen molar-refractivity contribution in [3.05, 3.63) is 11.7 Å². The molecule has 144 valence electrons. The van der Waals surface area contributed by atoms with E-state index < -0.39 is 0 Å². The summed E-state index contributed by atoms with van der Waals surface area (Å²) < 4.78 is 5.20. The topological polar surface area (TPSA) is 104 Å². The van der Waals surface area contributed by atoms with Gasteiger partial charge < -0.3 is 20.5 Å². The number of aromatic nitrogens is 2. The predicted molar refractivity (Wildman–Crippen MR) is 109 cm³/mol. The maximum Gasteiger partial charge on any atom is 0.239 e. The Morgan fingerprint density at radius 2 is 1.96 bits per heavy atom. The first-order valence-electron chi connectivity index (χ1n) is 8.29. The second-order valence-electron chi connectivity index (χ2n) is 6.96. The molecule has 0 saturated heterocycles. The van der Waals surface area contributed by atoms with Gasteiger partial charge >= 0.3 is 0 Å². The first-order chi connectivity index (χ1) is 11.2. The number of carbonyl (C=O) groups is 1. The lowest BCUT2D eigenvalue weighted by molar-refractivity contribution is -0.121. The molecule has 9 heteroatoms. The zero-order chi connectivity index (χ0) is 18.2. The summed E-state index contributed by atoms with van der Waals surface area (Å²) in [7, 11) is 1.67. The van der Waals surface area contributed by atoms with Crippen LogP contribution in [0.15, 0.2) is 9.52 Å². The van der Waals surface area contributed by atoms with Crippen LogP contribution < -0.4 is 16.0 Å². The number of nitrogens with zero attached hydrogens (tertiary/aromatic N) is 3. The standard InChI is InChI=1S/C16H30N6O2.HI/c1-11(2)14-20-13(24-22-14)8-7-9-18-15(17-6)19-10-12(23)21-16(3,4)5;/h11H,7-10H2,1-6H3,(H,21,23)(H2,17,18,19);1H. The van der Waals surface area contributed by atoms with E-state index in [1.165, 1.54) is 0 Å². The lowest BCUT2D eigenvalue weighted by Crippen LogP contribution is -2.48. The molecule has 8 nitrogen and oxygen atoms in total. The molecule has 3 N–H and O–H groups in total. The van der Waals surface area contributed by atoms with E-state index in [1.54, 1.807) is 7.05 Å². The van der Waals surface area contributed by atoms with Gasteiger partial charge in [0.25, 0.3) is 0 Å². The summed E-state index contributed by atoms with van der Waals surface area (Å²) in [6, 6.07) is 0. The van der Waals surface area contributed by atoms with Crippen LogP contribution in [0.5, 0.6) is 0 Å². The largest absolute Gasteiger partial charge is 0.356 e. The summed E-state index contributed by atoms with van der Waals surface area (Å²) in [5.41, 5.74) is -0.241. The number of aliphatic imine (C=N–C) groups is 1. The third kappa shape index (κ3) is 10.3. The van der Waals surface area contributed by atoms with Crippen molar-refractivity contribution in [3.8, 4) is 0 Å². The predicted octanol–water partition coefficient (Wildman–Crippen LogP) is 1.82. The molecule has 1 aromatic rings. The summed E-state index contributed by atoms with van der Waals surface area (Å²) in [5.74, 6) is 2.17. The van der Waals surface area contributed by atoms with Crippen LogP contribution in [0.2, 0.25) is 0 Å². The number of halogens is 1. The van der Waals surface area contributed by atoms with Crippen molar-refractivity contribution in [1.82, 2.24) is 26.1 Å². The monoisotopic (exact) mass is 466 g/mol. The van der Waals surface area contributed by atoms with Crippen molar-refractivity contribution in [2.24, 2.45) is 4.99 Å². The highest BCUT2D eigenvalue weighted by Gasteiger charge is 2.13. The Kier molecular flexibility index (Phi) is 10.6. The van der Waals surface area contributed by atoms with Gasteiger partial charge in [0.1, 0.15) is 0 Å². The Balaban J connectivity index is 0.00000576. The Hall–Kier alpha value is -1.39. The van der Waals surface area contributed by atoms with E-state index in [2.05, 4.69) is 31.1 Å². The number of hydrogen-bond acceptors (Lipinski definition) is 5. The first-order valence-corrected chi connectivity index (χ1v) is 8.29. The summed E-state index contributed by atoms with van der Waals surface area (Å²) in [4.78, 5) is 20.2. The van der Waals surface area contributed by atoms with Crippen LogP contribution >= 0.6 is 24.0 Å². The van der Waals surface area contributed by atoms with Crippen molar-refractivity contribution in [2.45, 2.75) is 58.9 Å². The minimum absolute atomic E-state index is 0. The minimum atomic E-state index is -0.241. The molecule has 0 bridgehead atoms. The Bertz CT molecular complexity index is 551. The van der Waals surface area contributed by atoms with E-state index in [0.29, 0.717) is 24.8 Å². The van der Waals surface area contributed by atoms with Gasteiger partial charge in [0.05, 0.1) is 6.54 Å². The van der Waals surface area contributed by atoms with Gasteiger partial charge in [-0.3, -0.25) is 9.79 Å². The zero-order valence-corrected chi connectivity index (χ0v) is 18.3. The summed E-state index contributed by atoms with van der Waals surface area (Å²) in [6.07, 6.45) is 1.53. The highest BCUT2D eigenvalue weighted by atomic mass is 127. The zero-order valence-electron chi connectivity index (χ0n) is 16.0. The molecule has 0 atom stereocenters. The van der Waals surface area contributed by atoms with Crippen molar-refractivity contribution >= 4 is 35.8 Å². The molecular weight excluding hydrogens is 435 g/mol. The lowest BCUT2D eigenvalue weighted by atomic mass is 10.1. The third-order valence-corrected chi connectivity index (χ3v) is 3.01. The van der Waals surface area contributed by atoms with Crippen LogP contribution in [0.25, 0.3) is 0 Å². The molecule has 25 heavy (non-hydrogen) atoms. The molecule has 0 spiro atoms. The fourth-order valence-corrected chi connectivity index (χ4v) is 1.90. The highest BCUT2D eigenvalue weighted by Crippen LogP contribution is 2.10. The second kappa shape index (κ2) is 11.3. The first kappa shape index (κ1) is 23.6. The number of amides is 1. The maximum absolute atomic E-state index is 11.8. The van der Waals surface area contributed by atoms with Gasteiger partial charge in [-0.1, -0.05) is 19.0 Å². The molecule has 1 aromatic heterocycles. The number of hydrogen-bond donors (Lipinski definition) is 3. The highest BCUT2D eigenvalue weighted by molar-refractivity contribution is 14.0. The summed E-state index contributed by atoms with van der Waals surface area (Å²) >= 11 is 0. The SMILES string of the molecule is CN=C(NCCCc1nc(C(C)C)no1)NCC(=O)NC(C)(C)C.I. The van der Waals surface area contributed by atoms with Crippen molar-refractivity contribution < 1.29 is 9.32 Å². The Morgan fingerprint density at radius 1 is 1.28 bits per heavy atom. The fourth-order valence-electron chi connectivity index (χ4n) is 1.90. The fraction of sp³-hybridized carbons (Fsp3) is 0.750. The van der Waals surface area contributed by atoms with E-state index in [1.807, 2.05) is 34.6 Å². The van der Waals surface area contributed by atoms with Crippen LogP contribution in [0, 0.1) is 0 Å². The number of aryl methyl sites for hydroxylation is 1. The van der Waals surface area contributed by atoms with Gasteiger partial charge in [-0.15, -0.1) is 24.0 Å². The molecule has 0 aliphatic carbocycles. The van der Waals surface area contributed by atoms with E-state index in [4.69, 9.17) is 4.52 Å². The van der Waals surface area contributed by atoms with Crippen molar-refractivity contribution in [3.63, 3.8) is 0 Å². The molecule has 1 rings (SSSR count). The summed E-state index contributed by atoms with van der Waals surface area (Å²) in [5, 5.41) is 13.0. The molecule has 0 unspecified atom stereocenters. The molecule has 1 heterocycles. The molecule has 1 amide bonds. The van der Waals surface area contributed by atoms with Crippen molar-refractivity contribution in [2.75, 3.05) is 20.1 Å². The van der Waals surface area contributed by atoms with E-state index in [0.717, 1.165) is 12.2 Å². The molecule has 0 aliphatic rings. The smallest absolute Gasteiger partial charge is 0.239 e. The quantitative estimate of drug-likeness (QED) is 0.245. The maximum atomic E-state index is 11.8. The number of carbonyl (C=O) groups excluding carboxylic acids is 1. The number of nitrogens with one attached hydrogen (secondary N) is 3. The van der Waals surface area contributed by atoms with Gasteiger partial charge in [-0.2, -0.15) is 4.98 Å². The van der Waals surface area contributed by atoms with Gasteiger partial charge in [-0.05, 0) is 27.2 Å². The lowest BCUT2D eigenvalue weighted by Gasteiger charge is -2.21. The Labute approximate surface area is 167 Å². The van der Waals surface area contributed by atoms with Gasteiger partial charge in [-0.25, -0.2) is 0 Å². The van der Waals surface area contributed by atoms with Gasteiger partial charge in [0, 0.05) is 31.5 Å². The van der Waals surface area contributed by atoms with Crippen LogP contribution in [0.4, 0.5) is 0 Å². The molecule has 0 saturated carbocycles. The average Bonchev–Trinajstić information content (AvgIpc) is 2.93. The van der Waals surface area contributed by atoms with Crippen LogP contribution in [0.1, 0.15) is 58.7 Å². The molecule has 0 radical (unpaired) electrons. The molecular formula is C16H31IN6O2. The minimum Gasteiger partial charge on any atom is -0.356 e. The van der Waals surface area contributed by atoms with E-state index in [9.17, 15) is 4.79 Å². The van der Waals surface area contributed by atoms with Crippen LogP contribution in [0.3, 0.4) is 0 Å². The van der Waals surface area contributed by atoms with Gasteiger partial charge in [0.2, 0.25) is 11.8 Å². The van der Waals surface area contributed by atoms with Gasteiger partial charge in [0.15, 0.2) is 11.8 Å². The average molecular weight is 466 g/mol. The molecule has 0 fully saturated rings. The number of guanidine groups is 1. The molecule has 0 aliphatic heterocycles. The summed E-state index contributed by atoms with van der Waals surface area (Å²) in [6.45, 7) is 10.8. The van der Waals surface area contributed by atoms with Crippen LogP contribution in [-0.4, -0.2) is 47.7 Å². The van der Waals surface area contributed by atoms with Crippen LogP contribution in [-0.2, 0) is 11.2 Å². The number of rotatable bonds is 7. The molecule has 0 aromatic carbocycles. The third-order valence-electron chi connectivity index (χ3n) is 3.01. The normalized spacial score (nSPS) is 11.9. The van der Waals surface area contributed by atoms with Crippen molar-refractivity contribution in [1.29, 1.82) is 0 Å². The van der Waals surface area contributed by atoms with E-state index in [-0.39, 0.29) is 47.9 Å². The van der Waals surface area contributed by atoms with E-state index >= 15 is 0 Å². The second-order valence-corrected chi connectivity index (χ2v) is 6.96. The Morgan fingerprint density at radius 3 is 2.48 bits per heavy atom.